The average molecular weight is 280 g/mol. The van der Waals surface area contributed by atoms with Crippen LogP contribution in [0.4, 0.5) is 5.82 Å². The van der Waals surface area contributed by atoms with E-state index in [-0.39, 0.29) is 5.54 Å². The summed E-state index contributed by atoms with van der Waals surface area (Å²) in [5.41, 5.74) is 0.883. The smallest absolute Gasteiger partial charge is 0.129 e. The molecule has 0 unspecified atom stereocenters. The summed E-state index contributed by atoms with van der Waals surface area (Å²) in [5.74, 6) is 3.52. The van der Waals surface area contributed by atoms with E-state index in [0.29, 0.717) is 18.1 Å². The van der Waals surface area contributed by atoms with Gasteiger partial charge in [-0.05, 0) is 39.8 Å². The Balaban J connectivity index is 2.90. The van der Waals surface area contributed by atoms with E-state index in [0.717, 1.165) is 18.1 Å². The van der Waals surface area contributed by atoms with Gasteiger partial charge in [0.25, 0.3) is 0 Å². The Kier molecular flexibility index (Phi) is 5.65. The monoisotopic (exact) mass is 279 g/mol. The molecule has 0 aliphatic rings. The fourth-order valence-electron chi connectivity index (χ4n) is 1.59. The predicted octanol–water partition coefficient (Wildman–Crippen LogP) is 3.08. The van der Waals surface area contributed by atoms with Gasteiger partial charge in [-0.2, -0.15) is 0 Å². The van der Waals surface area contributed by atoms with Gasteiger partial charge in [0.1, 0.15) is 5.82 Å². The number of hydrogen-bond donors (Lipinski definition) is 1. The largest absolute Gasteiger partial charge is 0.346 e. The van der Waals surface area contributed by atoms with Crippen LogP contribution in [0.25, 0.3) is 0 Å². The van der Waals surface area contributed by atoms with Crippen LogP contribution in [0.2, 0.25) is 5.02 Å². The van der Waals surface area contributed by atoms with E-state index in [1.807, 2.05) is 17.0 Å². The fraction of sp³-hybridized carbons (Fsp3) is 0.533. The fourth-order valence-corrected chi connectivity index (χ4v) is 1.76. The normalized spacial score (nSPS) is 11.2. The third-order valence-electron chi connectivity index (χ3n) is 2.68. The van der Waals surface area contributed by atoms with Crippen molar-refractivity contribution < 1.29 is 0 Å². The maximum atomic E-state index is 6.19. The van der Waals surface area contributed by atoms with Gasteiger partial charge in [-0.15, -0.1) is 6.42 Å². The van der Waals surface area contributed by atoms with Crippen LogP contribution < -0.4 is 10.2 Å². The summed E-state index contributed by atoms with van der Waals surface area (Å²) in [6.07, 6.45) is 5.37. The first-order valence-corrected chi connectivity index (χ1v) is 6.84. The van der Waals surface area contributed by atoms with Crippen LogP contribution >= 0.6 is 11.6 Å². The number of anilines is 1. The molecule has 4 heteroatoms. The minimum Gasteiger partial charge on any atom is -0.346 e. The molecular formula is C15H22ClN3. The molecule has 0 amide bonds. The Morgan fingerprint density at radius 1 is 1.42 bits per heavy atom. The third kappa shape index (κ3) is 5.10. The van der Waals surface area contributed by atoms with Gasteiger partial charge in [0.2, 0.25) is 0 Å². The lowest BCUT2D eigenvalue weighted by Gasteiger charge is -2.23. The highest BCUT2D eigenvalue weighted by Crippen LogP contribution is 2.19. The Hall–Kier alpha value is -1.24. The van der Waals surface area contributed by atoms with E-state index in [1.54, 1.807) is 0 Å². The lowest BCUT2D eigenvalue weighted by Crippen LogP contribution is -2.35. The first kappa shape index (κ1) is 15.8. The summed E-state index contributed by atoms with van der Waals surface area (Å²) in [7, 11) is 0. The van der Waals surface area contributed by atoms with Gasteiger partial charge in [0.05, 0.1) is 17.3 Å². The number of nitrogens with zero attached hydrogens (tertiary/aromatic N) is 2. The van der Waals surface area contributed by atoms with Gasteiger partial charge in [0.15, 0.2) is 0 Å². The second-order valence-corrected chi connectivity index (χ2v) is 5.83. The number of halogens is 1. The molecule has 1 aromatic rings. The van der Waals surface area contributed by atoms with E-state index < -0.39 is 0 Å². The zero-order chi connectivity index (χ0) is 14.5. The summed E-state index contributed by atoms with van der Waals surface area (Å²) in [4.78, 5) is 6.64. The quantitative estimate of drug-likeness (QED) is 0.840. The maximum absolute atomic E-state index is 6.19. The summed E-state index contributed by atoms with van der Waals surface area (Å²) in [6.45, 7) is 10.4. The maximum Gasteiger partial charge on any atom is 0.129 e. The predicted molar refractivity (Wildman–Crippen MR) is 82.6 cm³/mol. The summed E-state index contributed by atoms with van der Waals surface area (Å²) in [6, 6.07) is 3.78. The van der Waals surface area contributed by atoms with E-state index in [1.165, 1.54) is 0 Å². The van der Waals surface area contributed by atoms with Crippen molar-refractivity contribution in [2.75, 3.05) is 18.0 Å². The van der Waals surface area contributed by atoms with Crippen molar-refractivity contribution >= 4 is 17.4 Å². The van der Waals surface area contributed by atoms with Crippen LogP contribution in [0, 0.1) is 12.3 Å². The average Bonchev–Trinajstić information content (AvgIpc) is 2.34. The van der Waals surface area contributed by atoms with Crippen molar-refractivity contribution in [3.8, 4) is 12.3 Å². The van der Waals surface area contributed by atoms with Crippen molar-refractivity contribution in [1.82, 2.24) is 10.3 Å². The number of hydrogen-bond acceptors (Lipinski definition) is 3. The topological polar surface area (TPSA) is 28.2 Å². The van der Waals surface area contributed by atoms with Crippen LogP contribution in [-0.4, -0.2) is 23.6 Å². The van der Waals surface area contributed by atoms with Crippen LogP contribution in [0.1, 0.15) is 33.4 Å². The van der Waals surface area contributed by atoms with E-state index in [9.17, 15) is 0 Å². The Morgan fingerprint density at radius 3 is 2.63 bits per heavy atom. The zero-order valence-corrected chi connectivity index (χ0v) is 12.9. The van der Waals surface area contributed by atoms with Gasteiger partial charge in [-0.1, -0.05) is 17.5 Å². The minimum atomic E-state index is 0.0320. The van der Waals surface area contributed by atoms with Gasteiger partial charge in [0, 0.05) is 18.6 Å². The van der Waals surface area contributed by atoms with Gasteiger partial charge < -0.3 is 10.2 Å². The minimum absolute atomic E-state index is 0.0320. The number of rotatable bonds is 5. The highest BCUT2D eigenvalue weighted by molar-refractivity contribution is 6.31. The van der Waals surface area contributed by atoms with Crippen molar-refractivity contribution in [2.24, 2.45) is 0 Å². The highest BCUT2D eigenvalue weighted by Gasteiger charge is 2.12. The van der Waals surface area contributed by atoms with Gasteiger partial charge in [-0.25, -0.2) is 4.98 Å². The van der Waals surface area contributed by atoms with Crippen molar-refractivity contribution in [1.29, 1.82) is 0 Å². The number of nitrogens with one attached hydrogen (secondary N) is 1. The molecule has 1 aromatic heterocycles. The van der Waals surface area contributed by atoms with Crippen LogP contribution in [0.5, 0.6) is 0 Å². The van der Waals surface area contributed by atoms with Crippen LogP contribution in [0.3, 0.4) is 0 Å². The Labute approximate surface area is 121 Å². The van der Waals surface area contributed by atoms with Crippen LogP contribution in [-0.2, 0) is 6.54 Å². The Bertz CT molecular complexity index is 457. The second-order valence-electron chi connectivity index (χ2n) is 5.42. The molecule has 0 bridgehead atoms. The molecule has 1 rings (SSSR count). The number of aromatic nitrogens is 1. The number of terminal acetylenes is 1. The van der Waals surface area contributed by atoms with E-state index in [4.69, 9.17) is 18.0 Å². The SMILES string of the molecule is C#CCN(CC)c1ccc(Cl)c(CNC(C)(C)C)n1. The molecule has 0 saturated heterocycles. The molecule has 0 aliphatic heterocycles. The number of pyridine rings is 1. The summed E-state index contributed by atoms with van der Waals surface area (Å²) in [5, 5.41) is 4.07. The molecule has 104 valence electrons. The molecule has 1 heterocycles. The molecule has 0 aliphatic carbocycles. The molecule has 19 heavy (non-hydrogen) atoms. The van der Waals surface area contributed by atoms with E-state index >= 15 is 0 Å². The van der Waals surface area contributed by atoms with E-state index in [2.05, 4.69) is 43.9 Å². The molecule has 3 nitrogen and oxygen atoms in total. The van der Waals surface area contributed by atoms with Gasteiger partial charge in [-0.3, -0.25) is 0 Å². The molecule has 0 spiro atoms. The standard InChI is InChI=1S/C15H22ClN3/c1-6-10-19(7-2)14-9-8-12(16)13(18-14)11-17-15(3,4)5/h1,8-9,17H,7,10-11H2,2-5H3. The third-order valence-corrected chi connectivity index (χ3v) is 3.02. The molecule has 0 saturated carbocycles. The lowest BCUT2D eigenvalue weighted by atomic mass is 10.1. The van der Waals surface area contributed by atoms with Gasteiger partial charge >= 0.3 is 0 Å². The first-order chi connectivity index (χ1) is 8.87. The molecule has 0 atom stereocenters. The summed E-state index contributed by atoms with van der Waals surface area (Å²) >= 11 is 6.19. The summed E-state index contributed by atoms with van der Waals surface area (Å²) < 4.78 is 0. The molecule has 1 N–H and O–H groups in total. The van der Waals surface area contributed by atoms with Crippen molar-refractivity contribution in [3.05, 3.63) is 22.8 Å². The Morgan fingerprint density at radius 2 is 2.11 bits per heavy atom. The first-order valence-electron chi connectivity index (χ1n) is 6.46. The van der Waals surface area contributed by atoms with Crippen molar-refractivity contribution in [3.63, 3.8) is 0 Å². The molecule has 0 aromatic carbocycles. The lowest BCUT2D eigenvalue weighted by molar-refractivity contribution is 0.421. The molecular weight excluding hydrogens is 258 g/mol. The molecule has 0 fully saturated rings. The molecule has 0 radical (unpaired) electrons. The van der Waals surface area contributed by atoms with Crippen molar-refractivity contribution in [2.45, 2.75) is 39.8 Å². The van der Waals surface area contributed by atoms with Crippen LogP contribution in [0.15, 0.2) is 12.1 Å². The second kappa shape index (κ2) is 6.79. The zero-order valence-electron chi connectivity index (χ0n) is 12.1. The highest BCUT2D eigenvalue weighted by atomic mass is 35.5.